The first kappa shape index (κ1) is 25.4. The van der Waals surface area contributed by atoms with Gasteiger partial charge in [0, 0.05) is 41.8 Å². The lowest BCUT2D eigenvalue weighted by atomic mass is 9.97. The van der Waals surface area contributed by atoms with Gasteiger partial charge in [-0.1, -0.05) is 62.4 Å². The van der Waals surface area contributed by atoms with E-state index >= 15 is 0 Å². The maximum Gasteiger partial charge on any atom is 0.243 e. The van der Waals surface area contributed by atoms with E-state index in [0.29, 0.717) is 36.9 Å². The van der Waals surface area contributed by atoms with Crippen molar-refractivity contribution in [3.63, 3.8) is 0 Å². The third-order valence-corrected chi connectivity index (χ3v) is 9.06. The molecule has 0 N–H and O–H groups in total. The zero-order valence-corrected chi connectivity index (χ0v) is 22.4. The highest BCUT2D eigenvalue weighted by Gasteiger charge is 2.28. The van der Waals surface area contributed by atoms with Gasteiger partial charge in [-0.15, -0.1) is 0 Å². The number of rotatable bonds is 7. The van der Waals surface area contributed by atoms with Crippen molar-refractivity contribution in [3.05, 3.63) is 107 Å². The van der Waals surface area contributed by atoms with E-state index in [9.17, 15) is 12.8 Å². The fraction of sp³-hybridized carbons (Fsp3) is 0.290. The molecule has 0 spiro atoms. The number of benzene rings is 3. The molecule has 0 aliphatic carbocycles. The maximum atomic E-state index is 13.4. The molecule has 2 heterocycles. The van der Waals surface area contributed by atoms with Crippen molar-refractivity contribution >= 4 is 26.5 Å². The molecule has 192 valence electrons. The highest BCUT2D eigenvalue weighted by molar-refractivity contribution is 7.89. The molecule has 1 aromatic heterocycles. The van der Waals surface area contributed by atoms with Gasteiger partial charge in [-0.3, -0.25) is 0 Å². The van der Waals surface area contributed by atoms with Crippen molar-refractivity contribution < 1.29 is 12.8 Å². The summed E-state index contributed by atoms with van der Waals surface area (Å²) in [5.74, 6) is 0.287. The van der Waals surface area contributed by atoms with Crippen LogP contribution in [0.4, 0.5) is 4.39 Å². The Balaban J connectivity index is 1.42. The van der Waals surface area contributed by atoms with Gasteiger partial charge in [0.25, 0.3) is 0 Å². The van der Waals surface area contributed by atoms with E-state index in [1.54, 1.807) is 16.4 Å². The maximum absolute atomic E-state index is 13.4. The van der Waals surface area contributed by atoms with Crippen LogP contribution < -0.4 is 0 Å². The lowest BCUT2D eigenvalue weighted by Crippen LogP contribution is -2.34. The lowest BCUT2D eigenvalue weighted by molar-refractivity contribution is 0.441. The second-order valence-electron chi connectivity index (χ2n) is 10.3. The molecule has 6 heteroatoms. The quantitative estimate of drug-likeness (QED) is 0.271. The van der Waals surface area contributed by atoms with Gasteiger partial charge in [0.2, 0.25) is 10.0 Å². The zero-order valence-electron chi connectivity index (χ0n) is 21.6. The molecule has 1 aliphatic heterocycles. The van der Waals surface area contributed by atoms with Gasteiger partial charge < -0.3 is 4.57 Å². The minimum atomic E-state index is -3.55. The summed E-state index contributed by atoms with van der Waals surface area (Å²) in [4.78, 5) is 0.351. The Morgan fingerprint density at radius 3 is 2.24 bits per heavy atom. The smallest absolute Gasteiger partial charge is 0.243 e. The number of hydrogen-bond donors (Lipinski definition) is 0. The number of aromatic nitrogens is 1. The summed E-state index contributed by atoms with van der Waals surface area (Å²) in [6.07, 6.45) is 3.64. The largest absolute Gasteiger partial charge is 0.340 e. The van der Waals surface area contributed by atoms with Crippen LogP contribution in [0, 0.1) is 18.7 Å². The molecular weight excluding hydrogens is 483 g/mol. The van der Waals surface area contributed by atoms with Gasteiger partial charge >= 0.3 is 0 Å². The minimum Gasteiger partial charge on any atom is -0.340 e. The summed E-state index contributed by atoms with van der Waals surface area (Å²) >= 11 is 0. The molecule has 0 fully saturated rings. The lowest BCUT2D eigenvalue weighted by Gasteiger charge is -2.26. The molecule has 1 aliphatic rings. The van der Waals surface area contributed by atoms with Crippen LogP contribution in [0.15, 0.2) is 83.8 Å². The van der Waals surface area contributed by atoms with E-state index in [1.165, 1.54) is 23.3 Å². The predicted octanol–water partition coefficient (Wildman–Crippen LogP) is 6.81. The predicted molar refractivity (Wildman–Crippen MR) is 149 cm³/mol. The normalized spacial score (nSPS) is 14.9. The third kappa shape index (κ3) is 5.13. The van der Waals surface area contributed by atoms with Crippen LogP contribution in [0.2, 0.25) is 0 Å². The van der Waals surface area contributed by atoms with E-state index in [0.717, 1.165) is 34.1 Å². The monoisotopic (exact) mass is 516 g/mol. The summed E-state index contributed by atoms with van der Waals surface area (Å²) in [5, 5.41) is 1.16. The van der Waals surface area contributed by atoms with Gasteiger partial charge in [0.05, 0.1) is 4.90 Å². The summed E-state index contributed by atoms with van der Waals surface area (Å²) in [6.45, 7) is 7.87. The van der Waals surface area contributed by atoms with Crippen LogP contribution in [-0.2, 0) is 23.0 Å². The van der Waals surface area contributed by atoms with Crippen LogP contribution in [0.1, 0.15) is 42.7 Å². The van der Waals surface area contributed by atoms with Crippen LogP contribution >= 0.6 is 0 Å². The highest BCUT2D eigenvalue weighted by Crippen LogP contribution is 2.35. The van der Waals surface area contributed by atoms with Gasteiger partial charge in [0.1, 0.15) is 5.82 Å². The van der Waals surface area contributed by atoms with E-state index < -0.39 is 10.0 Å². The molecule has 0 unspecified atom stereocenters. The zero-order chi connectivity index (χ0) is 26.2. The van der Waals surface area contributed by atoms with E-state index in [2.05, 4.69) is 43.5 Å². The van der Waals surface area contributed by atoms with Crippen molar-refractivity contribution in [2.24, 2.45) is 5.92 Å². The SMILES string of the molecule is Cc1c(C2=CCN(S(=O)(=O)c3ccc(CC(C)C)cc3)CC2)c2ccccc2n1Cc1ccc(F)cc1. The highest BCUT2D eigenvalue weighted by atomic mass is 32.2. The molecular formula is C31H33FN2O2S. The number of sulfonamides is 1. The molecule has 3 aromatic carbocycles. The Morgan fingerprint density at radius 1 is 0.919 bits per heavy atom. The number of fused-ring (bicyclic) bond motifs is 1. The van der Waals surface area contributed by atoms with Crippen molar-refractivity contribution in [1.82, 2.24) is 8.87 Å². The Kier molecular flexibility index (Phi) is 7.06. The average Bonchev–Trinajstić information content (AvgIpc) is 3.16. The van der Waals surface area contributed by atoms with Crippen molar-refractivity contribution in [2.45, 2.75) is 45.1 Å². The number of hydrogen-bond acceptors (Lipinski definition) is 2. The first-order chi connectivity index (χ1) is 17.7. The molecule has 0 atom stereocenters. The molecule has 4 nitrogen and oxygen atoms in total. The number of para-hydroxylation sites is 1. The van der Waals surface area contributed by atoms with E-state index in [1.807, 2.05) is 36.4 Å². The summed E-state index contributed by atoms with van der Waals surface area (Å²) < 4.78 is 43.9. The Bertz CT molecular complexity index is 1550. The molecule has 4 aromatic rings. The second kappa shape index (κ2) is 10.3. The average molecular weight is 517 g/mol. The summed E-state index contributed by atoms with van der Waals surface area (Å²) in [5.41, 5.74) is 6.79. The first-order valence-electron chi connectivity index (χ1n) is 12.8. The first-order valence-corrected chi connectivity index (χ1v) is 14.3. The second-order valence-corrected chi connectivity index (χ2v) is 12.2. The minimum absolute atomic E-state index is 0.239. The van der Waals surface area contributed by atoms with Gasteiger partial charge in [-0.25, -0.2) is 12.8 Å². The Hall–Kier alpha value is -3.22. The molecule has 0 saturated heterocycles. The van der Waals surface area contributed by atoms with Crippen LogP contribution in [0.5, 0.6) is 0 Å². The summed E-state index contributed by atoms with van der Waals surface area (Å²) in [7, 11) is -3.55. The van der Waals surface area contributed by atoms with Crippen LogP contribution in [-0.4, -0.2) is 30.4 Å². The van der Waals surface area contributed by atoms with Crippen molar-refractivity contribution in [3.8, 4) is 0 Å². The molecule has 0 radical (unpaired) electrons. The fourth-order valence-corrected chi connectivity index (χ4v) is 6.71. The Labute approximate surface area is 219 Å². The van der Waals surface area contributed by atoms with Gasteiger partial charge in [-0.2, -0.15) is 4.31 Å². The van der Waals surface area contributed by atoms with E-state index in [-0.39, 0.29) is 5.82 Å². The van der Waals surface area contributed by atoms with Crippen molar-refractivity contribution in [1.29, 1.82) is 0 Å². The van der Waals surface area contributed by atoms with Gasteiger partial charge in [0.15, 0.2) is 0 Å². The topological polar surface area (TPSA) is 42.3 Å². The fourth-order valence-electron chi connectivity index (χ4n) is 5.33. The molecule has 5 rings (SSSR count). The number of nitrogens with zero attached hydrogens (tertiary/aromatic N) is 2. The van der Waals surface area contributed by atoms with Crippen LogP contribution in [0.3, 0.4) is 0 Å². The van der Waals surface area contributed by atoms with Crippen molar-refractivity contribution in [2.75, 3.05) is 13.1 Å². The Morgan fingerprint density at radius 2 is 1.59 bits per heavy atom. The molecule has 0 amide bonds. The van der Waals surface area contributed by atoms with Crippen LogP contribution in [0.25, 0.3) is 16.5 Å². The van der Waals surface area contributed by atoms with Gasteiger partial charge in [-0.05, 0) is 72.7 Å². The molecule has 0 bridgehead atoms. The standard InChI is InChI=1S/C31H33FN2O2S/c1-22(2)20-24-10-14-28(15-11-24)37(35,36)33-18-16-26(17-19-33)31-23(3)34(30-7-5-4-6-29(30)31)21-25-8-12-27(32)13-9-25/h4-16,22H,17-21H2,1-3H3. The van der Waals surface area contributed by atoms with E-state index in [4.69, 9.17) is 0 Å². The summed E-state index contributed by atoms with van der Waals surface area (Å²) in [6, 6.07) is 22.3. The number of halogens is 1. The third-order valence-electron chi connectivity index (χ3n) is 7.18. The molecule has 0 saturated carbocycles. The molecule has 37 heavy (non-hydrogen) atoms.